The molecule has 100 valence electrons. The lowest BCUT2D eigenvalue weighted by Gasteiger charge is -2.20. The number of nitrogens with zero attached hydrogens (tertiary/aromatic N) is 2. The minimum absolute atomic E-state index is 0.842. The zero-order chi connectivity index (χ0) is 14.1. The van der Waals surface area contributed by atoms with Crippen LogP contribution in [0.4, 0.5) is 5.69 Å². The summed E-state index contributed by atoms with van der Waals surface area (Å²) >= 11 is 0. The second-order valence-corrected chi connectivity index (χ2v) is 5.04. The Morgan fingerprint density at radius 1 is 0.950 bits per heavy atom. The van der Waals surface area contributed by atoms with Crippen molar-refractivity contribution in [2.24, 2.45) is 5.10 Å². The van der Waals surface area contributed by atoms with Gasteiger partial charge in [-0.25, -0.2) is 0 Å². The van der Waals surface area contributed by atoms with Gasteiger partial charge in [0.15, 0.2) is 0 Å². The molecule has 0 fully saturated rings. The van der Waals surface area contributed by atoms with Gasteiger partial charge in [-0.3, -0.25) is 5.43 Å². The first-order valence-electron chi connectivity index (χ1n) is 6.57. The van der Waals surface area contributed by atoms with Gasteiger partial charge in [0.1, 0.15) is 0 Å². The van der Waals surface area contributed by atoms with Crippen LogP contribution in [0.5, 0.6) is 0 Å². The van der Waals surface area contributed by atoms with Crippen molar-refractivity contribution in [3.05, 3.63) is 71.8 Å². The summed E-state index contributed by atoms with van der Waals surface area (Å²) in [6.07, 6.45) is 0. The lowest BCUT2D eigenvalue weighted by Crippen LogP contribution is -2.19. The molecular formula is C17H17N3. The minimum Gasteiger partial charge on any atom is -0.378 e. The molecule has 0 atom stereocenters. The monoisotopic (exact) mass is 263 g/mol. The molecule has 0 aliphatic carbocycles. The normalized spacial score (nSPS) is 13.3. The standard InChI is InChI=1S/C17H17N3/c1-12-15-6-4-5-7-16(15)17(19-18-12)13-8-10-14(11-9-13)20(2)3/h4-11,18H,1H2,2-3H3. The summed E-state index contributed by atoms with van der Waals surface area (Å²) in [7, 11) is 4.07. The van der Waals surface area contributed by atoms with Crippen molar-refractivity contribution < 1.29 is 0 Å². The van der Waals surface area contributed by atoms with Gasteiger partial charge in [-0.1, -0.05) is 43.0 Å². The van der Waals surface area contributed by atoms with Crippen LogP contribution in [0.25, 0.3) is 5.70 Å². The van der Waals surface area contributed by atoms with Gasteiger partial charge in [-0.15, -0.1) is 0 Å². The molecule has 0 saturated carbocycles. The van der Waals surface area contributed by atoms with Gasteiger partial charge in [0.05, 0.1) is 11.4 Å². The van der Waals surface area contributed by atoms with Gasteiger partial charge in [0, 0.05) is 36.5 Å². The van der Waals surface area contributed by atoms with Crippen LogP contribution in [0, 0.1) is 0 Å². The average molecular weight is 263 g/mol. The van der Waals surface area contributed by atoms with Gasteiger partial charge in [0.2, 0.25) is 0 Å². The average Bonchev–Trinajstić information content (AvgIpc) is 2.48. The second kappa shape index (κ2) is 4.85. The first kappa shape index (κ1) is 12.5. The Morgan fingerprint density at radius 3 is 2.25 bits per heavy atom. The summed E-state index contributed by atoms with van der Waals surface area (Å²) in [6.45, 7) is 4.00. The molecule has 0 unspecified atom stereocenters. The molecule has 2 aromatic carbocycles. The third kappa shape index (κ3) is 2.07. The fourth-order valence-corrected chi connectivity index (χ4v) is 2.33. The van der Waals surface area contributed by atoms with E-state index in [0.29, 0.717) is 0 Å². The summed E-state index contributed by atoms with van der Waals surface area (Å²) < 4.78 is 0. The molecule has 0 saturated heterocycles. The zero-order valence-electron chi connectivity index (χ0n) is 11.7. The van der Waals surface area contributed by atoms with Crippen molar-refractivity contribution in [2.45, 2.75) is 0 Å². The molecule has 2 aromatic rings. The smallest absolute Gasteiger partial charge is 0.0984 e. The molecule has 0 radical (unpaired) electrons. The number of benzene rings is 2. The molecular weight excluding hydrogens is 246 g/mol. The highest BCUT2D eigenvalue weighted by Gasteiger charge is 2.17. The van der Waals surface area contributed by atoms with Crippen molar-refractivity contribution in [3.63, 3.8) is 0 Å². The van der Waals surface area contributed by atoms with Crippen LogP contribution in [-0.2, 0) is 0 Å². The Kier molecular flexibility index (Phi) is 3.03. The van der Waals surface area contributed by atoms with Crippen molar-refractivity contribution in [1.29, 1.82) is 0 Å². The van der Waals surface area contributed by atoms with E-state index in [-0.39, 0.29) is 0 Å². The highest BCUT2D eigenvalue weighted by atomic mass is 15.3. The van der Waals surface area contributed by atoms with Gasteiger partial charge in [-0.2, -0.15) is 5.10 Å². The van der Waals surface area contributed by atoms with E-state index in [9.17, 15) is 0 Å². The van der Waals surface area contributed by atoms with E-state index in [1.54, 1.807) is 0 Å². The van der Waals surface area contributed by atoms with E-state index < -0.39 is 0 Å². The predicted molar refractivity (Wildman–Crippen MR) is 85.0 cm³/mol. The summed E-state index contributed by atoms with van der Waals surface area (Å²) in [4.78, 5) is 2.08. The number of hydrazone groups is 1. The lowest BCUT2D eigenvalue weighted by molar-refractivity contribution is 0.978. The maximum absolute atomic E-state index is 4.45. The molecule has 3 heteroatoms. The Hall–Kier alpha value is -2.55. The Balaban J connectivity index is 2.05. The van der Waals surface area contributed by atoms with Crippen molar-refractivity contribution in [1.82, 2.24) is 5.43 Å². The van der Waals surface area contributed by atoms with Crippen molar-refractivity contribution in [2.75, 3.05) is 19.0 Å². The van der Waals surface area contributed by atoms with E-state index in [4.69, 9.17) is 0 Å². The SMILES string of the molecule is C=C1NN=C(c2ccc(N(C)C)cc2)c2ccccc21. The van der Waals surface area contributed by atoms with Crippen LogP contribution >= 0.6 is 0 Å². The van der Waals surface area contributed by atoms with E-state index in [2.05, 4.69) is 58.4 Å². The Labute approximate surface area is 119 Å². The molecule has 1 N–H and O–H groups in total. The maximum Gasteiger partial charge on any atom is 0.0984 e. The predicted octanol–water partition coefficient (Wildman–Crippen LogP) is 3.08. The summed E-state index contributed by atoms with van der Waals surface area (Å²) in [5.41, 5.74) is 9.31. The molecule has 0 bridgehead atoms. The number of hydrogen-bond acceptors (Lipinski definition) is 3. The van der Waals surface area contributed by atoms with Crippen molar-refractivity contribution in [3.8, 4) is 0 Å². The fourth-order valence-electron chi connectivity index (χ4n) is 2.33. The molecule has 3 nitrogen and oxygen atoms in total. The van der Waals surface area contributed by atoms with Crippen LogP contribution in [-0.4, -0.2) is 19.8 Å². The molecule has 20 heavy (non-hydrogen) atoms. The summed E-state index contributed by atoms with van der Waals surface area (Å²) in [5.74, 6) is 0. The fraction of sp³-hybridized carbons (Fsp3) is 0.118. The third-order valence-electron chi connectivity index (χ3n) is 3.47. The molecule has 3 rings (SSSR count). The van der Waals surface area contributed by atoms with Crippen LogP contribution in [0.15, 0.2) is 60.2 Å². The van der Waals surface area contributed by atoms with Crippen LogP contribution in [0.3, 0.4) is 0 Å². The number of rotatable bonds is 2. The molecule has 0 amide bonds. The highest BCUT2D eigenvalue weighted by Crippen LogP contribution is 2.24. The van der Waals surface area contributed by atoms with Crippen LogP contribution in [0.1, 0.15) is 16.7 Å². The second-order valence-electron chi connectivity index (χ2n) is 5.04. The van der Waals surface area contributed by atoms with E-state index >= 15 is 0 Å². The first-order chi connectivity index (χ1) is 9.66. The molecule has 0 aromatic heterocycles. The molecule has 1 heterocycles. The van der Waals surface area contributed by atoms with Crippen LogP contribution < -0.4 is 10.3 Å². The first-order valence-corrected chi connectivity index (χ1v) is 6.57. The largest absolute Gasteiger partial charge is 0.378 e. The Bertz CT molecular complexity index is 682. The van der Waals surface area contributed by atoms with Crippen LogP contribution in [0.2, 0.25) is 0 Å². The minimum atomic E-state index is 0.842. The quantitative estimate of drug-likeness (QED) is 0.901. The van der Waals surface area contributed by atoms with Crippen molar-refractivity contribution >= 4 is 17.1 Å². The lowest BCUT2D eigenvalue weighted by atomic mass is 9.95. The van der Waals surface area contributed by atoms with Gasteiger partial charge in [-0.05, 0) is 12.1 Å². The Morgan fingerprint density at radius 2 is 1.60 bits per heavy atom. The number of nitrogens with one attached hydrogen (secondary N) is 1. The highest BCUT2D eigenvalue weighted by molar-refractivity contribution is 6.16. The number of fused-ring (bicyclic) bond motifs is 1. The third-order valence-corrected chi connectivity index (χ3v) is 3.47. The number of anilines is 1. The summed E-state index contributed by atoms with van der Waals surface area (Å²) in [5, 5.41) is 4.45. The molecule has 1 aliphatic heterocycles. The van der Waals surface area contributed by atoms with Gasteiger partial charge >= 0.3 is 0 Å². The molecule has 0 spiro atoms. The molecule has 1 aliphatic rings. The zero-order valence-corrected chi connectivity index (χ0v) is 11.7. The van der Waals surface area contributed by atoms with Gasteiger partial charge in [0.25, 0.3) is 0 Å². The topological polar surface area (TPSA) is 27.6 Å². The van der Waals surface area contributed by atoms with E-state index in [1.807, 2.05) is 26.2 Å². The van der Waals surface area contributed by atoms with E-state index in [1.165, 1.54) is 5.69 Å². The van der Waals surface area contributed by atoms with Gasteiger partial charge < -0.3 is 4.90 Å². The maximum atomic E-state index is 4.45. The number of hydrogen-bond donors (Lipinski definition) is 1. The van der Waals surface area contributed by atoms with E-state index in [0.717, 1.165) is 28.1 Å². The summed E-state index contributed by atoms with van der Waals surface area (Å²) in [6, 6.07) is 16.6.